The Balaban J connectivity index is 2.09. The molecule has 0 saturated carbocycles. The summed E-state index contributed by atoms with van der Waals surface area (Å²) in [5, 5.41) is 14.2. The Labute approximate surface area is 191 Å². The molecule has 0 fully saturated rings. The summed E-state index contributed by atoms with van der Waals surface area (Å²) >= 11 is 9.08. The molecule has 3 aromatic rings. The molecule has 31 heavy (non-hydrogen) atoms. The first kappa shape index (κ1) is 23.2. The van der Waals surface area contributed by atoms with E-state index in [9.17, 15) is 16.8 Å². The fraction of sp³-hybridized carbons (Fsp3) is 0.133. The van der Waals surface area contributed by atoms with Gasteiger partial charge in [0.1, 0.15) is 6.33 Å². The Morgan fingerprint density at radius 1 is 1.10 bits per heavy atom. The number of rotatable bonds is 7. The second kappa shape index (κ2) is 8.96. The summed E-state index contributed by atoms with van der Waals surface area (Å²) in [4.78, 5) is 3.63. The van der Waals surface area contributed by atoms with Crippen molar-refractivity contribution in [2.75, 3.05) is 18.5 Å². The molecule has 0 N–H and O–H groups in total. The second-order valence-corrected chi connectivity index (χ2v) is 10.8. The van der Waals surface area contributed by atoms with E-state index in [0.717, 1.165) is 10.6 Å². The first-order valence-corrected chi connectivity index (χ1v) is 12.2. The first-order chi connectivity index (χ1) is 14.5. The van der Waals surface area contributed by atoms with Crippen LogP contribution >= 0.6 is 27.5 Å². The third kappa shape index (κ3) is 4.90. The number of hydrazone groups is 1. The lowest BCUT2D eigenvalue weighted by atomic mass is 10.2. The summed E-state index contributed by atoms with van der Waals surface area (Å²) in [7, 11) is -6.10. The van der Waals surface area contributed by atoms with Crippen LogP contribution in [0.3, 0.4) is 0 Å². The van der Waals surface area contributed by atoms with Crippen molar-refractivity contribution >= 4 is 59.8 Å². The van der Waals surface area contributed by atoms with Gasteiger partial charge in [-0.15, -0.1) is 23.8 Å². The van der Waals surface area contributed by atoms with Gasteiger partial charge in [0.2, 0.25) is 0 Å². The topological polar surface area (TPSA) is 144 Å². The molecule has 2 aromatic heterocycles. The van der Waals surface area contributed by atoms with Gasteiger partial charge in [-0.25, -0.2) is 4.98 Å². The highest BCUT2D eigenvalue weighted by atomic mass is 79.9. The maximum atomic E-state index is 13.2. The van der Waals surface area contributed by atoms with Gasteiger partial charge in [-0.3, -0.25) is 0 Å². The molecular formula is C15H14BrClN8O4S2. The molecule has 3 rings (SSSR count). The van der Waals surface area contributed by atoms with Crippen molar-refractivity contribution in [1.82, 2.24) is 28.7 Å². The number of anilines is 1. The van der Waals surface area contributed by atoms with Crippen LogP contribution < -0.4 is 4.41 Å². The lowest BCUT2D eigenvalue weighted by Crippen LogP contribution is -2.31. The fourth-order valence-electron chi connectivity index (χ4n) is 2.06. The average molecular weight is 550 g/mol. The molecule has 0 atom stereocenters. The van der Waals surface area contributed by atoms with Crippen LogP contribution in [0.5, 0.6) is 0 Å². The highest BCUT2D eigenvalue weighted by molar-refractivity contribution is 9.10. The molecule has 0 radical (unpaired) electrons. The third-order valence-corrected chi connectivity index (χ3v) is 7.51. The molecule has 2 heterocycles. The molecule has 0 aliphatic carbocycles. The minimum absolute atomic E-state index is 0.0374. The van der Waals surface area contributed by atoms with Crippen molar-refractivity contribution < 1.29 is 16.8 Å². The van der Waals surface area contributed by atoms with Crippen LogP contribution in [0.2, 0.25) is 5.15 Å². The predicted octanol–water partition coefficient (Wildman–Crippen LogP) is 1.37. The van der Waals surface area contributed by atoms with E-state index in [4.69, 9.17) is 11.6 Å². The summed E-state index contributed by atoms with van der Waals surface area (Å²) in [6, 6.07) is 9.56. The monoisotopic (exact) mass is 548 g/mol. The van der Waals surface area contributed by atoms with Gasteiger partial charge in [-0.2, -0.15) is 26.2 Å². The van der Waals surface area contributed by atoms with Crippen LogP contribution in [-0.4, -0.2) is 65.8 Å². The largest absolute Gasteiger partial charge is 0.323 e. The minimum atomic E-state index is -4.57. The molecule has 164 valence electrons. The number of halogens is 2. The zero-order chi connectivity index (χ0) is 22.8. The predicted molar refractivity (Wildman–Crippen MR) is 116 cm³/mol. The van der Waals surface area contributed by atoms with Crippen molar-refractivity contribution in [1.29, 1.82) is 0 Å². The van der Waals surface area contributed by atoms with Gasteiger partial charge in [-0.1, -0.05) is 45.7 Å². The fourth-order valence-corrected chi connectivity index (χ4v) is 4.32. The summed E-state index contributed by atoms with van der Waals surface area (Å²) in [6.07, 6.45) is 2.04. The molecule has 0 bridgehead atoms. The Morgan fingerprint density at radius 2 is 1.81 bits per heavy atom. The van der Waals surface area contributed by atoms with Crippen LogP contribution in [0.15, 0.2) is 57.5 Å². The lowest BCUT2D eigenvalue weighted by molar-refractivity contribution is 0.502. The normalized spacial score (nSPS) is 12.5. The number of sulfonamides is 1. The van der Waals surface area contributed by atoms with Crippen LogP contribution in [0, 0.1) is 0 Å². The number of hydrogen-bond acceptors (Lipinski definition) is 9. The molecule has 0 aliphatic heterocycles. The smallest absolute Gasteiger partial charge is 0.203 e. The maximum Gasteiger partial charge on any atom is 0.323 e. The van der Waals surface area contributed by atoms with Gasteiger partial charge in [0.15, 0.2) is 11.0 Å². The zero-order valence-electron chi connectivity index (χ0n) is 15.9. The molecular weight excluding hydrogens is 536 g/mol. The van der Waals surface area contributed by atoms with E-state index in [-0.39, 0.29) is 11.0 Å². The average Bonchev–Trinajstić information content (AvgIpc) is 3.22. The van der Waals surface area contributed by atoms with E-state index in [1.54, 1.807) is 24.3 Å². The molecule has 0 saturated heterocycles. The number of hydrogen-bond donors (Lipinski definition) is 0. The number of nitrogens with zero attached hydrogens (tertiary/aromatic N) is 8. The van der Waals surface area contributed by atoms with Crippen molar-refractivity contribution in [2.45, 2.75) is 5.16 Å². The Hall–Kier alpha value is -2.46. The standard InChI is InChI=1S/C15H14BrClN8O4S2/c1-23(2)31(28,29)24-10-18-15(22-24)30(26,27)25(14-8-7-13(17)20-21-14)19-9-11-5-3-4-6-12(11)16/h3-10H,1-2H3/b19-9+. The summed E-state index contributed by atoms with van der Waals surface area (Å²) in [5.41, 5.74) is 0.568. The summed E-state index contributed by atoms with van der Waals surface area (Å²) in [5.74, 6) is -0.209. The van der Waals surface area contributed by atoms with E-state index >= 15 is 0 Å². The zero-order valence-corrected chi connectivity index (χ0v) is 19.9. The second-order valence-electron chi connectivity index (χ2n) is 5.92. The Morgan fingerprint density at radius 3 is 2.42 bits per heavy atom. The van der Waals surface area contributed by atoms with Gasteiger partial charge >= 0.3 is 20.2 Å². The Bertz CT molecular complexity index is 1330. The molecule has 0 aliphatic rings. The highest BCUT2D eigenvalue weighted by Gasteiger charge is 2.32. The van der Waals surface area contributed by atoms with Gasteiger partial charge in [-0.05, 0) is 18.2 Å². The SMILES string of the molecule is CN(C)S(=O)(=O)n1cnc(S(=O)(=O)N(/N=C/c2ccccc2Br)c2ccc(Cl)nn2)n1. The van der Waals surface area contributed by atoms with Crippen LogP contribution in [0.25, 0.3) is 0 Å². The minimum Gasteiger partial charge on any atom is -0.203 e. The molecule has 16 heteroatoms. The van der Waals surface area contributed by atoms with E-state index in [0.29, 0.717) is 18.5 Å². The van der Waals surface area contributed by atoms with Crippen molar-refractivity contribution in [3.63, 3.8) is 0 Å². The summed E-state index contributed by atoms with van der Waals surface area (Å²) in [6.45, 7) is 0. The molecule has 12 nitrogen and oxygen atoms in total. The van der Waals surface area contributed by atoms with Gasteiger partial charge in [0.05, 0.1) is 6.21 Å². The number of benzene rings is 1. The maximum absolute atomic E-state index is 13.2. The van der Waals surface area contributed by atoms with Crippen LogP contribution in [-0.2, 0) is 20.2 Å². The lowest BCUT2D eigenvalue weighted by Gasteiger charge is -2.15. The van der Waals surface area contributed by atoms with Crippen LogP contribution in [0.1, 0.15) is 5.56 Å². The van der Waals surface area contributed by atoms with E-state index < -0.39 is 25.4 Å². The van der Waals surface area contributed by atoms with Gasteiger partial charge in [0, 0.05) is 24.1 Å². The first-order valence-electron chi connectivity index (χ1n) is 8.21. The van der Waals surface area contributed by atoms with Crippen molar-refractivity contribution in [3.8, 4) is 0 Å². The highest BCUT2D eigenvalue weighted by Crippen LogP contribution is 2.22. The van der Waals surface area contributed by atoms with Gasteiger partial charge < -0.3 is 0 Å². The van der Waals surface area contributed by atoms with Crippen molar-refractivity contribution in [2.24, 2.45) is 5.10 Å². The molecule has 0 amide bonds. The quantitative estimate of drug-likeness (QED) is 0.317. The Kier molecular flexibility index (Phi) is 6.70. The van der Waals surface area contributed by atoms with Gasteiger partial charge in [0.25, 0.3) is 5.16 Å². The third-order valence-electron chi connectivity index (χ3n) is 3.63. The van der Waals surface area contributed by atoms with E-state index in [1.807, 2.05) is 0 Å². The van der Waals surface area contributed by atoms with Crippen LogP contribution in [0.4, 0.5) is 5.82 Å². The molecule has 0 spiro atoms. The van der Waals surface area contributed by atoms with Crippen molar-refractivity contribution in [3.05, 3.63) is 57.9 Å². The summed E-state index contributed by atoms with van der Waals surface area (Å²) < 4.78 is 53.3. The number of aromatic nitrogens is 5. The van der Waals surface area contributed by atoms with E-state index in [1.165, 1.54) is 32.4 Å². The molecule has 1 aromatic carbocycles. The van der Waals surface area contributed by atoms with E-state index in [2.05, 4.69) is 41.3 Å². The molecule has 0 unspecified atom stereocenters.